The molecule has 4 unspecified atom stereocenters. The summed E-state index contributed by atoms with van der Waals surface area (Å²) in [6, 6.07) is 28.6. The van der Waals surface area contributed by atoms with Crippen molar-refractivity contribution in [1.82, 2.24) is 63.6 Å². The van der Waals surface area contributed by atoms with E-state index in [1.165, 1.54) is 47.8 Å². The van der Waals surface area contributed by atoms with Crippen molar-refractivity contribution in [3.8, 4) is 63.4 Å². The van der Waals surface area contributed by atoms with Crippen molar-refractivity contribution < 1.29 is 58.6 Å². The van der Waals surface area contributed by atoms with Gasteiger partial charge in [0.05, 0.1) is 123 Å². The Bertz CT molecular complexity index is 6050. The third-order valence-electron chi connectivity index (χ3n) is 21.2. The average molecular weight is 1590 g/mol. The van der Waals surface area contributed by atoms with E-state index in [1.807, 2.05) is 79.4 Å². The van der Waals surface area contributed by atoms with Gasteiger partial charge in [-0.3, -0.25) is 4.90 Å². The van der Waals surface area contributed by atoms with E-state index >= 15 is 0 Å². The molecular weight excluding hydrogens is 1520 g/mol. The van der Waals surface area contributed by atoms with Crippen LogP contribution in [0.5, 0.6) is 5.75 Å². The number of nitrogens with one attached hydrogen (secondary N) is 1. The Morgan fingerprint density at radius 3 is 1.19 bits per heavy atom. The maximum absolute atomic E-state index is 13.2. The number of nitriles is 4. The van der Waals surface area contributed by atoms with Gasteiger partial charge in [-0.05, 0) is 165 Å². The lowest BCUT2D eigenvalue weighted by atomic mass is 9.88. The summed E-state index contributed by atoms with van der Waals surface area (Å²) in [4.78, 5) is 32.4. The van der Waals surface area contributed by atoms with Crippen LogP contribution in [-0.4, -0.2) is 187 Å². The van der Waals surface area contributed by atoms with E-state index in [0.717, 1.165) is 154 Å². The number of hydrogen-bond donors (Lipinski definition) is 1. The van der Waals surface area contributed by atoms with E-state index in [-0.39, 0.29) is 29.3 Å². The zero-order valence-electron chi connectivity index (χ0n) is 63.1. The number of pyridine rings is 7. The van der Waals surface area contributed by atoms with Gasteiger partial charge < -0.3 is 43.0 Å². The van der Waals surface area contributed by atoms with Gasteiger partial charge in [-0.25, -0.2) is 37.8 Å². The molecule has 1 amide bonds. The number of hydrogen-bond acceptors (Lipinski definition) is 23. The molecule has 116 heavy (non-hydrogen) atoms. The smallest absolute Gasteiger partial charge is 0.444 e. The minimum atomic E-state index is -5.89. The number of amides is 1. The molecule has 21 rings (SSSR count). The molecule has 4 atom stereocenters. The number of alkyl halides is 3. The average Bonchev–Trinajstić information content (AvgIpc) is 1.24. The van der Waals surface area contributed by atoms with Crippen LogP contribution in [0.4, 0.5) is 34.0 Å². The minimum Gasteiger partial charge on any atom is -0.444 e. The number of carbonyl (C=O) groups is 1. The first kappa shape index (κ1) is 77.2. The first-order valence-electron chi connectivity index (χ1n) is 37.7. The normalized spacial score (nSPS) is 19.1. The van der Waals surface area contributed by atoms with Crippen LogP contribution >= 0.6 is 0 Å². The Morgan fingerprint density at radius 1 is 0.491 bits per heavy atom. The summed E-state index contributed by atoms with van der Waals surface area (Å²) >= 11 is 0. The number of piperidine rings is 2. The number of anilines is 2. The number of ether oxygens (including phenoxy) is 5. The van der Waals surface area contributed by atoms with E-state index in [9.17, 15) is 46.6 Å². The van der Waals surface area contributed by atoms with Crippen molar-refractivity contribution in [3.05, 3.63) is 204 Å². The lowest BCUT2D eigenvalue weighted by Crippen LogP contribution is -2.70. The second-order valence-electron chi connectivity index (χ2n) is 29.8. The second-order valence-corrected chi connectivity index (χ2v) is 31.3. The van der Waals surface area contributed by atoms with Gasteiger partial charge in [0.15, 0.2) is 5.75 Å². The summed E-state index contributed by atoms with van der Waals surface area (Å²) in [5.74, 6) is 0.752. The quantitative estimate of drug-likeness (QED) is 0.0544. The fourth-order valence-electron chi connectivity index (χ4n) is 15.6. The molecule has 590 valence electrons. The topological polar surface area (TPSA) is 331 Å². The summed E-state index contributed by atoms with van der Waals surface area (Å²) in [6.07, 6.45) is 31.6. The summed E-state index contributed by atoms with van der Waals surface area (Å²) < 4.78 is 112. The molecule has 11 aromatic rings. The molecule has 6 fully saturated rings. The Hall–Kier alpha value is -12.7. The summed E-state index contributed by atoms with van der Waals surface area (Å²) in [5, 5.41) is 58.3. The van der Waals surface area contributed by atoms with Gasteiger partial charge in [-0.1, -0.05) is 24.3 Å². The Morgan fingerprint density at radius 2 is 0.853 bits per heavy atom. The predicted octanol–water partition coefficient (Wildman–Crippen LogP) is 12.3. The van der Waals surface area contributed by atoms with Crippen LogP contribution in [0, 0.1) is 51.3 Å². The zero-order valence-corrected chi connectivity index (χ0v) is 63.9. The molecule has 0 radical (unpaired) electrons. The van der Waals surface area contributed by atoms with Crippen LogP contribution in [0.3, 0.4) is 0 Å². The highest BCUT2D eigenvalue weighted by Crippen LogP contribution is 2.41. The fraction of sp³-hybridized carbons (Fsp3) is 0.325. The van der Waals surface area contributed by atoms with Crippen LogP contribution in [-0.2, 0) is 33.8 Å². The van der Waals surface area contributed by atoms with Gasteiger partial charge in [0.2, 0.25) is 5.95 Å². The lowest BCUT2D eigenvalue weighted by Gasteiger charge is -2.56. The van der Waals surface area contributed by atoms with Crippen molar-refractivity contribution in [3.63, 3.8) is 0 Å². The van der Waals surface area contributed by atoms with Gasteiger partial charge in [0, 0.05) is 115 Å². The molecule has 10 aliphatic rings. The highest BCUT2D eigenvalue weighted by Gasteiger charge is 2.50. The highest BCUT2D eigenvalue weighted by molar-refractivity contribution is 7.88. The molecule has 0 aromatic carbocycles. The number of piperazine rings is 2. The standard InChI is InChI=1S/C28H30N6O3.C23H22N6O.C18H13FN4O.C14H10F3N3O4S/c1-28(2,3)37-27(35)34-22-11-23(34)17-32(16-22)25-5-4-19(13-30-25)24-10-20(18-6-8-36-9-7-18)15-33-26(24)21(12-29)14-31-33;24-9-18-11-26-29-12-17(15-3-5-30-6-4-15)7-21(23(18)29)16-1-2-22(25-10-16)28-13-19-8-20(14-28)27-19;19-17-2-1-13(9-21-17)16-7-14(12-3-5-24-6-4-12)11-23-18(16)15(8-20)10-22-23;15-14(16,17)25(21,22)24-12-5-10(9-1-3-23-4-2-9)8-20-13(12)11(6-18)7-19-20/h4-6,10,13-15,22-23H,7-9,11,16-17H2,1-3H3;1-3,7,10-12,19-20,27H,4-6,8,13-14H2;1-3,7,9-11H,4-6H2;1,5,7-8H,2-4H2. The molecule has 1 N–H and O–H groups in total. The van der Waals surface area contributed by atoms with E-state index < -0.39 is 32.9 Å². The highest BCUT2D eigenvalue weighted by atomic mass is 32.2. The van der Waals surface area contributed by atoms with Crippen LogP contribution in [0.15, 0.2) is 153 Å². The van der Waals surface area contributed by atoms with Crippen LogP contribution in [0.2, 0.25) is 0 Å². The van der Waals surface area contributed by atoms with Crippen LogP contribution in [0.25, 0.3) is 77.7 Å². The number of nitrogens with zero attached hydrogens (tertiary/aromatic N) is 18. The predicted molar refractivity (Wildman–Crippen MR) is 419 cm³/mol. The Balaban J connectivity index is 0.000000118. The second kappa shape index (κ2) is 32.3. The molecule has 28 nitrogen and oxygen atoms in total. The molecule has 6 saturated heterocycles. The Labute approximate surface area is 662 Å². The Kier molecular flexibility index (Phi) is 21.5. The van der Waals surface area contributed by atoms with Crippen molar-refractivity contribution in [2.45, 2.75) is 94.6 Å². The zero-order chi connectivity index (χ0) is 80.6. The molecule has 11 aromatic heterocycles. The van der Waals surface area contributed by atoms with Gasteiger partial charge in [0.1, 0.15) is 52.6 Å². The van der Waals surface area contributed by atoms with E-state index in [0.29, 0.717) is 92.5 Å². The monoisotopic (exact) mass is 1590 g/mol. The molecule has 0 spiro atoms. The van der Waals surface area contributed by atoms with Crippen molar-refractivity contribution in [2.24, 2.45) is 0 Å². The summed E-state index contributed by atoms with van der Waals surface area (Å²) in [6.45, 7) is 13.9. The number of halogens is 4. The molecule has 10 aliphatic heterocycles. The molecular formula is C83H75F4N19O9S. The molecule has 33 heteroatoms. The number of carbonyl (C=O) groups excluding carboxylic acids is 1. The van der Waals surface area contributed by atoms with Crippen molar-refractivity contribution in [1.29, 1.82) is 21.0 Å². The third-order valence-corrected chi connectivity index (χ3v) is 22.2. The van der Waals surface area contributed by atoms with Crippen molar-refractivity contribution >= 4 is 72.2 Å². The fourth-order valence-corrected chi connectivity index (χ4v) is 16.1. The lowest BCUT2D eigenvalue weighted by molar-refractivity contribution is -0.0500. The first-order valence-corrected chi connectivity index (χ1v) is 39.1. The maximum Gasteiger partial charge on any atom is 0.534 e. The van der Waals surface area contributed by atoms with Gasteiger partial charge in [-0.15, -0.1) is 0 Å². The number of fused-ring (bicyclic) bond motifs is 8. The van der Waals surface area contributed by atoms with E-state index in [2.05, 4.69) is 105 Å². The molecule has 4 bridgehead atoms. The summed E-state index contributed by atoms with van der Waals surface area (Å²) in [7, 11) is -5.89. The van der Waals surface area contributed by atoms with Crippen LogP contribution < -0.4 is 19.3 Å². The minimum absolute atomic E-state index is 0.111. The van der Waals surface area contributed by atoms with Crippen LogP contribution in [0.1, 0.15) is 104 Å². The first-order chi connectivity index (χ1) is 56.1. The van der Waals surface area contributed by atoms with Gasteiger partial charge in [0.25, 0.3) is 0 Å². The number of rotatable bonds is 11. The molecule has 0 aliphatic carbocycles. The van der Waals surface area contributed by atoms with Gasteiger partial charge in [-0.2, -0.15) is 67.4 Å². The van der Waals surface area contributed by atoms with E-state index in [4.69, 9.17) is 38.9 Å². The largest absolute Gasteiger partial charge is 0.534 e. The summed E-state index contributed by atoms with van der Waals surface area (Å²) in [5.41, 5.74) is 10.9. The third kappa shape index (κ3) is 16.0. The number of aromatic nitrogens is 11. The maximum atomic E-state index is 13.2. The molecule has 21 heterocycles. The van der Waals surface area contributed by atoms with E-state index in [1.54, 1.807) is 39.6 Å². The van der Waals surface area contributed by atoms with Crippen molar-refractivity contribution in [2.75, 3.05) is 88.8 Å². The van der Waals surface area contributed by atoms with Gasteiger partial charge >= 0.3 is 21.7 Å². The molecule has 0 saturated carbocycles. The SMILES string of the molecule is CC(C)(C)OC(=O)N1C2CC1CN(c1ccc(-c3cc(C4=CCOCC4)cn4ncc(C#N)c34)cn1)C2.N#Cc1cnn2cc(C3=CCOCC3)cc(-c3ccc(F)nc3)c12.N#Cc1cnn2cc(C3=CCOCC3)cc(-c3ccc(N4CC5CC(C4)N5)nc3)c12.N#Cc1cnn2cc(C3=CCOCC3)cc(OS(=O)(=O)C(F)(F)F)c12.